The van der Waals surface area contributed by atoms with Crippen molar-refractivity contribution in [2.45, 2.75) is 180 Å². The maximum atomic E-state index is 14.6. The molecule has 0 aromatic rings. The molecule has 3 heterocycles. The Balaban J connectivity index is 1.70. The van der Waals surface area contributed by atoms with E-state index in [1.807, 2.05) is 58.1 Å². The van der Waals surface area contributed by atoms with Gasteiger partial charge in [0.2, 0.25) is 5.79 Å². The van der Waals surface area contributed by atoms with Gasteiger partial charge in [-0.05, 0) is 107 Å². The number of allylic oxidation sites excluding steroid dienone is 6. The standard InChI is InChI=1S/C58H93NO16/c1-37-17-13-12-14-18-38(2)49(73-30-29-72-28-27-71-26-25-67-8)35-45-22-20-43(7)58(66,75-45)55(63)56(64)59-24-16-15-19-46(59)57(65)74-50(40(4)33-44-21-23-47(60)51(34-44)68-9)36-48(61)39(3)32-42(6)53(69-10)54(70-11)52(62)41(5)31-37/h12-14,17-18,32,37,39-41,43-47,49-51,53-54,60,66H,15-16,19-31,33-36H2,1-11H3/b14-12+,17-13+,38-18+,42-32+/t37-,39-,40-,41-,43-,44+,45+,46+,47-,49?,50+,51-,53-,54+,58-/m1/s1. The molecule has 0 aromatic carbocycles. The highest BCUT2D eigenvalue weighted by Gasteiger charge is 2.53. The van der Waals surface area contributed by atoms with Gasteiger partial charge in [0.05, 0.1) is 64.1 Å². The quantitative estimate of drug-likeness (QED) is 0.0698. The molecule has 2 N–H and O–H groups in total. The molecule has 0 aromatic heterocycles. The van der Waals surface area contributed by atoms with Crippen molar-refractivity contribution in [2.24, 2.45) is 35.5 Å². The minimum atomic E-state index is -2.48. The molecule has 2 bridgehead atoms. The van der Waals surface area contributed by atoms with E-state index >= 15 is 0 Å². The summed E-state index contributed by atoms with van der Waals surface area (Å²) in [5.41, 5.74) is 1.49. The number of nitrogens with zero attached hydrogens (tertiary/aromatic N) is 1. The van der Waals surface area contributed by atoms with Gasteiger partial charge in [-0.2, -0.15) is 0 Å². The van der Waals surface area contributed by atoms with Gasteiger partial charge in [0.25, 0.3) is 11.7 Å². The fourth-order valence-corrected chi connectivity index (χ4v) is 11.0. The number of carbonyl (C=O) groups is 5. The van der Waals surface area contributed by atoms with Crippen LogP contribution in [0.1, 0.15) is 126 Å². The Hall–Kier alpha value is -3.49. The van der Waals surface area contributed by atoms with E-state index in [2.05, 4.69) is 0 Å². The predicted octanol–water partition coefficient (Wildman–Crippen LogP) is 6.88. The van der Waals surface area contributed by atoms with Crippen LogP contribution >= 0.6 is 0 Å². The Kier molecular flexibility index (Phi) is 27.7. The molecule has 4 rings (SSSR count). The summed E-state index contributed by atoms with van der Waals surface area (Å²) in [5, 5.41) is 22.8. The van der Waals surface area contributed by atoms with Crippen molar-refractivity contribution >= 4 is 29.2 Å². The number of rotatable bonds is 16. The van der Waals surface area contributed by atoms with Gasteiger partial charge in [0, 0.05) is 65.6 Å². The van der Waals surface area contributed by atoms with Crippen molar-refractivity contribution in [3.63, 3.8) is 0 Å². The minimum absolute atomic E-state index is 0.0273. The normalized spacial score (nSPS) is 36.6. The molecule has 0 spiro atoms. The van der Waals surface area contributed by atoms with Crippen molar-refractivity contribution in [2.75, 3.05) is 74.6 Å². The van der Waals surface area contributed by atoms with E-state index in [0.717, 1.165) is 12.0 Å². The molecule has 4 aliphatic rings. The molecule has 17 nitrogen and oxygen atoms in total. The number of hydrogen-bond donors (Lipinski definition) is 2. The van der Waals surface area contributed by atoms with Gasteiger partial charge < -0.3 is 57.7 Å². The Morgan fingerprint density at radius 3 is 2.15 bits per heavy atom. The topological polar surface area (TPSA) is 212 Å². The van der Waals surface area contributed by atoms with E-state index < -0.39 is 77.9 Å². The van der Waals surface area contributed by atoms with Gasteiger partial charge in [0.1, 0.15) is 30.1 Å². The summed E-state index contributed by atoms with van der Waals surface area (Å²) in [6.07, 6.45) is 12.0. The zero-order valence-corrected chi connectivity index (χ0v) is 47.0. The van der Waals surface area contributed by atoms with Crippen LogP contribution in [0.2, 0.25) is 0 Å². The third kappa shape index (κ3) is 19.1. The van der Waals surface area contributed by atoms with Gasteiger partial charge in [-0.25, -0.2) is 4.79 Å². The van der Waals surface area contributed by atoms with Gasteiger partial charge in [-0.15, -0.1) is 0 Å². The van der Waals surface area contributed by atoms with Crippen molar-refractivity contribution < 1.29 is 76.8 Å². The van der Waals surface area contributed by atoms with Crippen molar-refractivity contribution in [1.82, 2.24) is 4.90 Å². The van der Waals surface area contributed by atoms with E-state index in [0.29, 0.717) is 83.4 Å². The molecule has 1 aliphatic carbocycles. The number of aliphatic hydroxyl groups is 2. The molecular weight excluding hydrogens is 967 g/mol. The van der Waals surface area contributed by atoms with E-state index in [1.165, 1.54) is 19.1 Å². The smallest absolute Gasteiger partial charge is 0.329 e. The summed E-state index contributed by atoms with van der Waals surface area (Å²) in [6.45, 7) is 15.3. The van der Waals surface area contributed by atoms with Crippen LogP contribution in [-0.2, 0) is 66.6 Å². The van der Waals surface area contributed by atoms with E-state index in [1.54, 1.807) is 41.1 Å². The number of carbonyl (C=O) groups excluding carboxylic acids is 5. The fourth-order valence-electron chi connectivity index (χ4n) is 11.0. The second kappa shape index (κ2) is 32.4. The number of ether oxygens (including phenoxy) is 9. The van der Waals surface area contributed by atoms with Gasteiger partial charge in [-0.1, -0.05) is 71.1 Å². The van der Waals surface area contributed by atoms with Crippen LogP contribution < -0.4 is 0 Å². The SMILES string of the molecule is COCCOCCOCCOC1C[C@@H]2CC[C@@H](C)[C@@](O)(O2)C(=O)C(=O)N2CCCC[C@H]2C(=O)O[C@H]([C@H](C)C[C@@H]2CC[C@@H](O)[C@H](OC)C2)CC(=O)[C@H](C)/C=C(\C)[C@@H](OC)[C@@H](OC)C(=O)[C@H](C)C[C@H](C)/C=C/C=C/C=C/1C. The third-order valence-corrected chi connectivity index (χ3v) is 15.8. The Morgan fingerprint density at radius 2 is 1.47 bits per heavy atom. The summed E-state index contributed by atoms with van der Waals surface area (Å²) >= 11 is 0. The average Bonchev–Trinajstić information content (AvgIpc) is 3.39. The molecule has 17 heteroatoms. The van der Waals surface area contributed by atoms with Gasteiger partial charge in [-0.3, -0.25) is 19.2 Å². The number of ketones is 3. The maximum absolute atomic E-state index is 14.6. The molecule has 1 unspecified atom stereocenters. The monoisotopic (exact) mass is 1060 g/mol. The van der Waals surface area contributed by atoms with Gasteiger partial charge >= 0.3 is 5.97 Å². The van der Waals surface area contributed by atoms with Crippen molar-refractivity contribution in [3.05, 3.63) is 47.6 Å². The average molecular weight is 1060 g/mol. The fraction of sp³-hybridized carbons (Fsp3) is 0.776. The number of aliphatic hydroxyl groups excluding tert-OH is 1. The second-order valence-electron chi connectivity index (χ2n) is 21.7. The number of Topliss-reactive ketones (excluding diaryl/α,β-unsaturated/α-hetero) is 3. The van der Waals surface area contributed by atoms with Crippen molar-refractivity contribution in [1.29, 1.82) is 0 Å². The van der Waals surface area contributed by atoms with E-state index in [4.69, 9.17) is 42.6 Å². The first kappa shape index (κ1) is 64.0. The lowest BCUT2D eigenvalue weighted by atomic mass is 9.78. The Bertz CT molecular complexity index is 1930. The van der Waals surface area contributed by atoms with E-state index in [-0.39, 0.29) is 80.4 Å². The molecule has 15 atom stereocenters. The molecule has 75 heavy (non-hydrogen) atoms. The first-order valence-corrected chi connectivity index (χ1v) is 27.5. The zero-order valence-electron chi connectivity index (χ0n) is 47.0. The van der Waals surface area contributed by atoms with Crippen LogP contribution in [0.25, 0.3) is 0 Å². The lowest BCUT2D eigenvalue weighted by molar-refractivity contribution is -0.266. The highest BCUT2D eigenvalue weighted by Crippen LogP contribution is 2.38. The second-order valence-corrected chi connectivity index (χ2v) is 21.7. The van der Waals surface area contributed by atoms with Crippen LogP contribution in [0.4, 0.5) is 0 Å². The number of fused-ring (bicyclic) bond motifs is 3. The summed E-state index contributed by atoms with van der Waals surface area (Å²) in [5.74, 6) is -7.74. The van der Waals surface area contributed by atoms with Crippen LogP contribution in [0.15, 0.2) is 47.6 Å². The summed E-state index contributed by atoms with van der Waals surface area (Å²) in [7, 11) is 6.17. The minimum Gasteiger partial charge on any atom is -0.460 e. The first-order chi connectivity index (χ1) is 35.8. The van der Waals surface area contributed by atoms with Crippen LogP contribution in [0.3, 0.4) is 0 Å². The molecule has 3 aliphatic heterocycles. The lowest BCUT2D eigenvalue weighted by Crippen LogP contribution is -2.61. The summed E-state index contributed by atoms with van der Waals surface area (Å²) in [6, 6.07) is -1.15. The van der Waals surface area contributed by atoms with Crippen LogP contribution in [0.5, 0.6) is 0 Å². The largest absolute Gasteiger partial charge is 0.460 e. The van der Waals surface area contributed by atoms with Crippen molar-refractivity contribution in [3.8, 4) is 0 Å². The maximum Gasteiger partial charge on any atom is 0.329 e. The van der Waals surface area contributed by atoms with Crippen LogP contribution in [-0.4, -0.2) is 174 Å². The van der Waals surface area contributed by atoms with E-state index in [9.17, 15) is 34.2 Å². The number of piperidine rings is 1. The first-order valence-electron chi connectivity index (χ1n) is 27.5. The number of amides is 1. The zero-order chi connectivity index (χ0) is 55.2. The predicted molar refractivity (Wildman–Crippen MR) is 282 cm³/mol. The molecule has 1 saturated carbocycles. The number of methoxy groups -OCH3 is 4. The highest BCUT2D eigenvalue weighted by atomic mass is 16.6. The molecular formula is C58H93NO16. The number of cyclic esters (lactones) is 1. The molecule has 3 fully saturated rings. The lowest BCUT2D eigenvalue weighted by Gasteiger charge is -2.43. The Morgan fingerprint density at radius 1 is 0.773 bits per heavy atom. The molecule has 426 valence electrons. The number of esters is 1. The highest BCUT2D eigenvalue weighted by molar-refractivity contribution is 6.39. The Labute approximate surface area is 447 Å². The van der Waals surface area contributed by atoms with Crippen LogP contribution in [0, 0.1) is 35.5 Å². The molecule has 2 saturated heterocycles. The number of hydrogen-bond acceptors (Lipinski definition) is 16. The third-order valence-electron chi connectivity index (χ3n) is 15.8. The van der Waals surface area contributed by atoms with Gasteiger partial charge in [0.15, 0.2) is 5.78 Å². The summed E-state index contributed by atoms with van der Waals surface area (Å²) in [4.78, 5) is 73.1. The molecule has 0 radical (unpaired) electrons. The summed E-state index contributed by atoms with van der Waals surface area (Å²) < 4.78 is 52.6. The molecule has 1 amide bonds.